The third-order valence-electron chi connectivity index (χ3n) is 2.94. The van der Waals surface area contributed by atoms with Gasteiger partial charge in [-0.3, -0.25) is 4.79 Å². The first-order chi connectivity index (χ1) is 7.27. The van der Waals surface area contributed by atoms with Crippen LogP contribution in [0.3, 0.4) is 0 Å². The summed E-state index contributed by atoms with van der Waals surface area (Å²) in [6.07, 6.45) is 0.639. The Morgan fingerprint density at radius 3 is 2.40 bits per heavy atom. The zero-order valence-electron chi connectivity index (χ0n) is 9.96. The van der Waals surface area contributed by atoms with Crippen molar-refractivity contribution in [3.63, 3.8) is 0 Å². The van der Waals surface area contributed by atoms with Gasteiger partial charge in [0.05, 0.1) is 0 Å². The summed E-state index contributed by atoms with van der Waals surface area (Å²) in [5.41, 5.74) is 0. The Kier molecular flexibility index (Phi) is 5.65. The molecule has 0 aromatic carbocycles. The Labute approximate surface area is 92.6 Å². The van der Waals surface area contributed by atoms with Crippen LogP contribution in [0.25, 0.3) is 0 Å². The van der Waals surface area contributed by atoms with Gasteiger partial charge in [0.2, 0.25) is 5.91 Å². The van der Waals surface area contributed by atoms with E-state index >= 15 is 0 Å². The highest BCUT2D eigenvalue weighted by Gasteiger charge is 2.19. The molecule has 4 nitrogen and oxygen atoms in total. The molecule has 1 N–H and O–H groups in total. The van der Waals surface area contributed by atoms with E-state index in [2.05, 4.69) is 24.1 Å². The zero-order valence-corrected chi connectivity index (χ0v) is 9.96. The predicted molar refractivity (Wildman–Crippen MR) is 61.9 cm³/mol. The first-order valence-corrected chi connectivity index (χ1v) is 5.98. The van der Waals surface area contributed by atoms with Gasteiger partial charge in [-0.05, 0) is 13.1 Å². The minimum Gasteiger partial charge on any atom is -0.340 e. The molecule has 1 fully saturated rings. The summed E-state index contributed by atoms with van der Waals surface area (Å²) < 4.78 is 0. The largest absolute Gasteiger partial charge is 0.340 e. The van der Waals surface area contributed by atoms with Crippen molar-refractivity contribution in [3.8, 4) is 0 Å². The third kappa shape index (κ3) is 4.18. The van der Waals surface area contributed by atoms with Crippen molar-refractivity contribution in [2.75, 3.05) is 45.8 Å². The highest BCUT2D eigenvalue weighted by Crippen LogP contribution is 2.02. The Morgan fingerprint density at radius 1 is 1.20 bits per heavy atom. The molecule has 0 aromatic heterocycles. The fourth-order valence-electron chi connectivity index (χ4n) is 1.84. The SMILES string of the molecule is CCNCCC(=O)N1CCN(CC)CC1. The highest BCUT2D eigenvalue weighted by molar-refractivity contribution is 5.76. The van der Waals surface area contributed by atoms with Crippen molar-refractivity contribution in [3.05, 3.63) is 0 Å². The number of hydrogen-bond acceptors (Lipinski definition) is 3. The molecule has 15 heavy (non-hydrogen) atoms. The number of rotatable bonds is 5. The molecule has 1 saturated heterocycles. The smallest absolute Gasteiger partial charge is 0.223 e. The monoisotopic (exact) mass is 213 g/mol. The Bertz CT molecular complexity index is 188. The van der Waals surface area contributed by atoms with Crippen LogP contribution in [0, 0.1) is 0 Å². The van der Waals surface area contributed by atoms with Crippen LogP contribution >= 0.6 is 0 Å². The number of likely N-dealkylation sites (N-methyl/N-ethyl adjacent to an activating group) is 1. The molecule has 1 amide bonds. The Morgan fingerprint density at radius 2 is 1.87 bits per heavy atom. The number of carbonyl (C=O) groups excluding carboxylic acids is 1. The number of amides is 1. The lowest BCUT2D eigenvalue weighted by Gasteiger charge is -2.34. The third-order valence-corrected chi connectivity index (χ3v) is 2.94. The van der Waals surface area contributed by atoms with E-state index in [0.29, 0.717) is 12.3 Å². The number of piperazine rings is 1. The van der Waals surface area contributed by atoms with Crippen molar-refractivity contribution in [1.29, 1.82) is 0 Å². The van der Waals surface area contributed by atoms with Gasteiger partial charge in [0.15, 0.2) is 0 Å². The van der Waals surface area contributed by atoms with Crippen LogP contribution < -0.4 is 5.32 Å². The van der Waals surface area contributed by atoms with Gasteiger partial charge in [-0.1, -0.05) is 13.8 Å². The van der Waals surface area contributed by atoms with Gasteiger partial charge in [-0.15, -0.1) is 0 Å². The van der Waals surface area contributed by atoms with Crippen LogP contribution in [0.1, 0.15) is 20.3 Å². The van der Waals surface area contributed by atoms with Crippen LogP contribution in [-0.4, -0.2) is 61.5 Å². The number of nitrogens with one attached hydrogen (secondary N) is 1. The first-order valence-electron chi connectivity index (χ1n) is 5.98. The molecule has 4 heteroatoms. The first kappa shape index (κ1) is 12.5. The van der Waals surface area contributed by atoms with E-state index in [0.717, 1.165) is 45.8 Å². The maximum atomic E-state index is 11.7. The second-order valence-corrected chi connectivity index (χ2v) is 3.92. The minimum absolute atomic E-state index is 0.298. The minimum atomic E-state index is 0.298. The Balaban J connectivity index is 2.18. The average Bonchev–Trinajstić information content (AvgIpc) is 2.29. The fraction of sp³-hybridized carbons (Fsp3) is 0.909. The lowest BCUT2D eigenvalue weighted by molar-refractivity contribution is -0.132. The number of nitrogens with zero attached hydrogens (tertiary/aromatic N) is 2. The number of carbonyl (C=O) groups is 1. The van der Waals surface area contributed by atoms with E-state index in [1.54, 1.807) is 0 Å². The van der Waals surface area contributed by atoms with Gasteiger partial charge in [0.1, 0.15) is 0 Å². The molecule has 1 aliphatic heterocycles. The van der Waals surface area contributed by atoms with Gasteiger partial charge >= 0.3 is 0 Å². The van der Waals surface area contributed by atoms with Gasteiger partial charge < -0.3 is 15.1 Å². The lowest BCUT2D eigenvalue weighted by Crippen LogP contribution is -2.48. The van der Waals surface area contributed by atoms with Crippen LogP contribution in [0.4, 0.5) is 0 Å². The Hall–Kier alpha value is -0.610. The molecule has 1 aliphatic rings. The van der Waals surface area contributed by atoms with Crippen LogP contribution in [0.15, 0.2) is 0 Å². The maximum Gasteiger partial charge on any atom is 0.223 e. The van der Waals surface area contributed by atoms with E-state index in [1.165, 1.54) is 0 Å². The molecule has 88 valence electrons. The van der Waals surface area contributed by atoms with Crippen LogP contribution in [0.2, 0.25) is 0 Å². The van der Waals surface area contributed by atoms with Crippen molar-refractivity contribution in [1.82, 2.24) is 15.1 Å². The second-order valence-electron chi connectivity index (χ2n) is 3.92. The number of hydrogen-bond donors (Lipinski definition) is 1. The van der Waals surface area contributed by atoms with E-state index in [4.69, 9.17) is 0 Å². The lowest BCUT2D eigenvalue weighted by atomic mass is 10.2. The molecule has 0 aliphatic carbocycles. The van der Waals surface area contributed by atoms with Crippen molar-refractivity contribution in [2.24, 2.45) is 0 Å². The average molecular weight is 213 g/mol. The van der Waals surface area contributed by atoms with Crippen LogP contribution in [-0.2, 0) is 4.79 Å². The second kappa shape index (κ2) is 6.80. The van der Waals surface area contributed by atoms with Crippen molar-refractivity contribution in [2.45, 2.75) is 20.3 Å². The summed E-state index contributed by atoms with van der Waals surface area (Å²) >= 11 is 0. The van der Waals surface area contributed by atoms with Crippen LogP contribution in [0.5, 0.6) is 0 Å². The molecule has 0 bridgehead atoms. The maximum absolute atomic E-state index is 11.7. The molecule has 0 atom stereocenters. The topological polar surface area (TPSA) is 35.6 Å². The van der Waals surface area contributed by atoms with Gasteiger partial charge in [-0.25, -0.2) is 0 Å². The molecule has 0 saturated carbocycles. The predicted octanol–water partition coefficient (Wildman–Crippen LogP) is 0.150. The van der Waals surface area contributed by atoms with E-state index in [1.807, 2.05) is 4.90 Å². The molecule has 0 unspecified atom stereocenters. The molecule has 1 rings (SSSR count). The molecular formula is C11H23N3O. The summed E-state index contributed by atoms with van der Waals surface area (Å²) in [5, 5.41) is 3.18. The van der Waals surface area contributed by atoms with Gasteiger partial charge in [0, 0.05) is 39.1 Å². The van der Waals surface area contributed by atoms with E-state index < -0.39 is 0 Å². The molecular weight excluding hydrogens is 190 g/mol. The van der Waals surface area contributed by atoms with Crippen molar-refractivity contribution >= 4 is 5.91 Å². The van der Waals surface area contributed by atoms with Gasteiger partial charge in [-0.2, -0.15) is 0 Å². The van der Waals surface area contributed by atoms with E-state index in [-0.39, 0.29) is 0 Å². The summed E-state index contributed by atoms with van der Waals surface area (Å²) in [7, 11) is 0. The fourth-order valence-corrected chi connectivity index (χ4v) is 1.84. The summed E-state index contributed by atoms with van der Waals surface area (Å²) in [6.45, 7) is 10.9. The summed E-state index contributed by atoms with van der Waals surface area (Å²) in [4.78, 5) is 16.1. The van der Waals surface area contributed by atoms with E-state index in [9.17, 15) is 4.79 Å². The summed E-state index contributed by atoms with van der Waals surface area (Å²) in [5.74, 6) is 0.298. The van der Waals surface area contributed by atoms with Gasteiger partial charge in [0.25, 0.3) is 0 Å². The molecule has 0 radical (unpaired) electrons. The molecule has 1 heterocycles. The summed E-state index contributed by atoms with van der Waals surface area (Å²) in [6, 6.07) is 0. The highest BCUT2D eigenvalue weighted by atomic mass is 16.2. The quantitative estimate of drug-likeness (QED) is 0.660. The normalized spacial score (nSPS) is 18.1. The van der Waals surface area contributed by atoms with Crippen molar-refractivity contribution < 1.29 is 4.79 Å². The molecule has 0 aromatic rings. The zero-order chi connectivity index (χ0) is 11.1. The molecule has 0 spiro atoms. The standard InChI is InChI=1S/C11H23N3O/c1-3-12-6-5-11(15)14-9-7-13(4-2)8-10-14/h12H,3-10H2,1-2H3.